The Morgan fingerprint density at radius 3 is 2.88 bits per heavy atom. The molecule has 0 radical (unpaired) electrons. The van der Waals surface area contributed by atoms with Crippen molar-refractivity contribution < 1.29 is 4.79 Å². The van der Waals surface area contributed by atoms with Gasteiger partial charge in [0, 0.05) is 0 Å². The molecule has 0 aromatic heterocycles. The van der Waals surface area contributed by atoms with Crippen molar-refractivity contribution in [3.8, 4) is 12.3 Å². The molecule has 1 rings (SSSR count). The van der Waals surface area contributed by atoms with Crippen LogP contribution in [0.1, 0.15) is 19.8 Å². The topological polar surface area (TPSA) is 41.1 Å². The predicted molar refractivity (Wildman–Crippen MR) is 69.4 cm³/mol. The first-order chi connectivity index (χ1) is 7.74. The summed E-state index contributed by atoms with van der Waals surface area (Å²) in [4.78, 5) is 11.5. The molecule has 0 aromatic carbocycles. The molecule has 1 saturated heterocycles. The molecule has 90 valence electrons. The summed E-state index contributed by atoms with van der Waals surface area (Å²) in [6.45, 7) is 3.12. The number of amides is 1. The van der Waals surface area contributed by atoms with Gasteiger partial charge in [0.15, 0.2) is 0 Å². The standard InChI is InChI=1S/C12H20N2OS/c1-3-6-13-12(15)10(2)14-9-11-4-7-16-8-5-11/h1,10-11,14H,4-9H2,2H3,(H,13,15). The zero-order valence-corrected chi connectivity index (χ0v) is 10.6. The van der Waals surface area contributed by atoms with Gasteiger partial charge in [0.05, 0.1) is 12.6 Å². The van der Waals surface area contributed by atoms with Crippen LogP contribution in [0.25, 0.3) is 0 Å². The van der Waals surface area contributed by atoms with Crippen molar-refractivity contribution in [1.29, 1.82) is 0 Å². The Balaban J connectivity index is 2.15. The number of rotatable bonds is 5. The zero-order valence-electron chi connectivity index (χ0n) is 9.79. The van der Waals surface area contributed by atoms with Gasteiger partial charge in [-0.1, -0.05) is 5.92 Å². The fourth-order valence-electron chi connectivity index (χ4n) is 1.68. The van der Waals surface area contributed by atoms with E-state index in [1.807, 2.05) is 18.7 Å². The van der Waals surface area contributed by atoms with Crippen LogP contribution < -0.4 is 10.6 Å². The lowest BCUT2D eigenvalue weighted by molar-refractivity contribution is -0.122. The second-order valence-electron chi connectivity index (χ2n) is 4.11. The van der Waals surface area contributed by atoms with E-state index >= 15 is 0 Å². The Hall–Kier alpha value is -0.660. The molecule has 2 N–H and O–H groups in total. The molecular weight excluding hydrogens is 220 g/mol. The molecular formula is C12H20N2OS. The van der Waals surface area contributed by atoms with Gasteiger partial charge >= 0.3 is 0 Å². The molecule has 1 heterocycles. The molecule has 1 aliphatic heterocycles. The van der Waals surface area contributed by atoms with Crippen LogP contribution in [-0.4, -0.2) is 36.5 Å². The van der Waals surface area contributed by atoms with E-state index in [9.17, 15) is 4.79 Å². The van der Waals surface area contributed by atoms with Gasteiger partial charge in [0.25, 0.3) is 0 Å². The molecule has 3 nitrogen and oxygen atoms in total. The summed E-state index contributed by atoms with van der Waals surface area (Å²) < 4.78 is 0. The third kappa shape index (κ3) is 4.91. The molecule has 0 aliphatic carbocycles. The van der Waals surface area contributed by atoms with Crippen molar-refractivity contribution in [2.45, 2.75) is 25.8 Å². The molecule has 0 spiro atoms. The second-order valence-corrected chi connectivity index (χ2v) is 5.33. The van der Waals surface area contributed by atoms with Crippen LogP contribution in [0.3, 0.4) is 0 Å². The fourth-order valence-corrected chi connectivity index (χ4v) is 2.88. The highest BCUT2D eigenvalue weighted by molar-refractivity contribution is 7.99. The third-order valence-electron chi connectivity index (χ3n) is 2.81. The lowest BCUT2D eigenvalue weighted by Crippen LogP contribution is -2.44. The van der Waals surface area contributed by atoms with Gasteiger partial charge in [0.1, 0.15) is 0 Å². The van der Waals surface area contributed by atoms with E-state index < -0.39 is 0 Å². The smallest absolute Gasteiger partial charge is 0.237 e. The van der Waals surface area contributed by atoms with Crippen molar-refractivity contribution in [2.24, 2.45) is 5.92 Å². The van der Waals surface area contributed by atoms with Crippen LogP contribution in [-0.2, 0) is 4.79 Å². The Bertz CT molecular complexity index is 256. The van der Waals surface area contributed by atoms with Crippen molar-refractivity contribution in [3.63, 3.8) is 0 Å². The molecule has 16 heavy (non-hydrogen) atoms. The first-order valence-corrected chi connectivity index (χ1v) is 6.91. The lowest BCUT2D eigenvalue weighted by Gasteiger charge is -2.23. The molecule has 0 aromatic rings. The highest BCUT2D eigenvalue weighted by atomic mass is 32.2. The maximum absolute atomic E-state index is 11.5. The molecule has 0 bridgehead atoms. The molecule has 0 saturated carbocycles. The van der Waals surface area contributed by atoms with Crippen molar-refractivity contribution in [2.75, 3.05) is 24.6 Å². The zero-order chi connectivity index (χ0) is 11.8. The summed E-state index contributed by atoms with van der Waals surface area (Å²) in [5, 5.41) is 5.95. The Morgan fingerprint density at radius 1 is 1.56 bits per heavy atom. The summed E-state index contributed by atoms with van der Waals surface area (Å²) in [5.41, 5.74) is 0. The third-order valence-corrected chi connectivity index (χ3v) is 3.86. The minimum Gasteiger partial charge on any atom is -0.344 e. The first kappa shape index (κ1) is 13.4. The summed E-state index contributed by atoms with van der Waals surface area (Å²) in [6, 6.07) is -0.150. The monoisotopic (exact) mass is 240 g/mol. The molecule has 1 unspecified atom stereocenters. The maximum atomic E-state index is 11.5. The number of carbonyl (C=O) groups is 1. The molecule has 1 atom stereocenters. The van der Waals surface area contributed by atoms with Gasteiger partial charge in [-0.15, -0.1) is 6.42 Å². The first-order valence-electron chi connectivity index (χ1n) is 5.76. The van der Waals surface area contributed by atoms with E-state index in [2.05, 4.69) is 16.6 Å². The normalized spacial score (nSPS) is 18.8. The number of carbonyl (C=O) groups excluding carboxylic acids is 1. The van der Waals surface area contributed by atoms with Crippen LogP contribution in [0, 0.1) is 18.3 Å². The molecule has 1 amide bonds. The highest BCUT2D eigenvalue weighted by Gasteiger charge is 2.16. The number of thioether (sulfide) groups is 1. The SMILES string of the molecule is C#CCNC(=O)C(C)NCC1CCSCC1. The highest BCUT2D eigenvalue weighted by Crippen LogP contribution is 2.21. The van der Waals surface area contributed by atoms with Crippen LogP contribution in [0.4, 0.5) is 0 Å². The predicted octanol–water partition coefficient (Wildman–Crippen LogP) is 0.857. The minimum atomic E-state index is -0.150. The van der Waals surface area contributed by atoms with Crippen LogP contribution >= 0.6 is 11.8 Å². The van der Waals surface area contributed by atoms with E-state index in [4.69, 9.17) is 6.42 Å². The fraction of sp³-hybridized carbons (Fsp3) is 0.750. The van der Waals surface area contributed by atoms with E-state index in [-0.39, 0.29) is 11.9 Å². The summed E-state index contributed by atoms with van der Waals surface area (Å²) in [6.07, 6.45) is 7.60. The van der Waals surface area contributed by atoms with E-state index in [0.717, 1.165) is 12.5 Å². The van der Waals surface area contributed by atoms with Crippen molar-refractivity contribution in [1.82, 2.24) is 10.6 Å². The van der Waals surface area contributed by atoms with Gasteiger partial charge in [-0.25, -0.2) is 0 Å². The summed E-state index contributed by atoms with van der Waals surface area (Å²) in [7, 11) is 0. The van der Waals surface area contributed by atoms with E-state index in [1.54, 1.807) is 0 Å². The van der Waals surface area contributed by atoms with Crippen molar-refractivity contribution in [3.05, 3.63) is 0 Å². The number of terminal acetylenes is 1. The quantitative estimate of drug-likeness (QED) is 0.700. The summed E-state index contributed by atoms with van der Waals surface area (Å²) >= 11 is 2.02. The minimum absolute atomic E-state index is 0.0110. The number of hydrogen-bond acceptors (Lipinski definition) is 3. The van der Waals surface area contributed by atoms with Gasteiger partial charge in [-0.3, -0.25) is 4.79 Å². The van der Waals surface area contributed by atoms with Crippen molar-refractivity contribution >= 4 is 17.7 Å². The molecule has 4 heteroatoms. The van der Waals surface area contributed by atoms with Crippen LogP contribution in [0.2, 0.25) is 0 Å². The average molecular weight is 240 g/mol. The van der Waals surface area contributed by atoms with Gasteiger partial charge < -0.3 is 10.6 Å². The summed E-state index contributed by atoms with van der Waals surface area (Å²) in [5.74, 6) is 5.62. The number of hydrogen-bond donors (Lipinski definition) is 2. The van der Waals surface area contributed by atoms with Crippen LogP contribution in [0.15, 0.2) is 0 Å². The average Bonchev–Trinajstić information content (AvgIpc) is 2.34. The Kier molecular flexibility index (Phi) is 6.36. The number of nitrogens with one attached hydrogen (secondary N) is 2. The Morgan fingerprint density at radius 2 is 2.25 bits per heavy atom. The van der Waals surface area contributed by atoms with Gasteiger partial charge in [-0.2, -0.15) is 11.8 Å². The van der Waals surface area contributed by atoms with E-state index in [0.29, 0.717) is 6.54 Å². The van der Waals surface area contributed by atoms with Gasteiger partial charge in [-0.05, 0) is 43.7 Å². The van der Waals surface area contributed by atoms with Crippen LogP contribution in [0.5, 0.6) is 0 Å². The largest absolute Gasteiger partial charge is 0.344 e. The molecule has 1 aliphatic rings. The molecule has 1 fully saturated rings. The maximum Gasteiger partial charge on any atom is 0.237 e. The van der Waals surface area contributed by atoms with E-state index in [1.165, 1.54) is 24.3 Å². The second kappa shape index (κ2) is 7.59. The van der Waals surface area contributed by atoms with Gasteiger partial charge in [0.2, 0.25) is 5.91 Å². The Labute approximate surface area is 102 Å². The lowest BCUT2D eigenvalue weighted by atomic mass is 10.0.